The second-order valence-electron chi connectivity index (χ2n) is 5.72. The van der Waals surface area contributed by atoms with Crippen molar-refractivity contribution in [3.8, 4) is 6.07 Å². The first-order valence-corrected chi connectivity index (χ1v) is 7.37. The van der Waals surface area contributed by atoms with E-state index in [4.69, 9.17) is 11.0 Å². The molecule has 132 valence electrons. The lowest BCUT2D eigenvalue weighted by Gasteiger charge is -2.32. The van der Waals surface area contributed by atoms with Crippen molar-refractivity contribution in [3.05, 3.63) is 35.4 Å². The van der Waals surface area contributed by atoms with Crippen LogP contribution < -0.4 is 11.1 Å². The minimum atomic E-state index is 0. The molecule has 1 aromatic rings. The van der Waals surface area contributed by atoms with Crippen molar-refractivity contribution in [1.29, 1.82) is 5.26 Å². The summed E-state index contributed by atoms with van der Waals surface area (Å²) in [6.45, 7) is 6.61. The Morgan fingerprint density at radius 1 is 1.30 bits per heavy atom. The van der Waals surface area contributed by atoms with Gasteiger partial charge >= 0.3 is 0 Å². The van der Waals surface area contributed by atoms with E-state index in [2.05, 4.69) is 23.2 Å². The van der Waals surface area contributed by atoms with Gasteiger partial charge in [0.25, 0.3) is 0 Å². The molecule has 1 unspecified atom stereocenters. The van der Waals surface area contributed by atoms with Gasteiger partial charge in [0.05, 0.1) is 11.6 Å². The topological polar surface area (TPSA) is 65.1 Å². The highest BCUT2D eigenvalue weighted by atomic mass is 35.5. The second-order valence-corrected chi connectivity index (χ2v) is 5.72. The van der Waals surface area contributed by atoms with Crippen LogP contribution in [0, 0.1) is 11.3 Å². The first-order valence-electron chi connectivity index (χ1n) is 7.37. The summed E-state index contributed by atoms with van der Waals surface area (Å²) in [6.07, 6.45) is 1.90. The van der Waals surface area contributed by atoms with Crippen molar-refractivity contribution in [2.75, 3.05) is 26.2 Å². The van der Waals surface area contributed by atoms with Crippen molar-refractivity contribution in [3.63, 3.8) is 0 Å². The predicted molar refractivity (Wildman–Crippen MR) is 103 cm³/mol. The first kappa shape index (κ1) is 24.7. The molecule has 3 N–H and O–H groups in total. The molecular formula is C16H27Cl3N4. The lowest BCUT2D eigenvalue weighted by Crippen LogP contribution is -2.50. The number of nitrogens with zero attached hydrogens (tertiary/aromatic N) is 2. The van der Waals surface area contributed by atoms with Crippen molar-refractivity contribution in [2.45, 2.75) is 31.8 Å². The van der Waals surface area contributed by atoms with Crippen LogP contribution in [-0.4, -0.2) is 43.2 Å². The van der Waals surface area contributed by atoms with E-state index < -0.39 is 0 Å². The summed E-state index contributed by atoms with van der Waals surface area (Å²) in [7, 11) is 0. The summed E-state index contributed by atoms with van der Waals surface area (Å²) in [5.74, 6) is 0. The Balaban J connectivity index is 0. The molecule has 1 aliphatic heterocycles. The number of rotatable bonds is 5. The quantitative estimate of drug-likeness (QED) is 0.822. The molecule has 23 heavy (non-hydrogen) atoms. The number of nitrogens with one attached hydrogen (secondary N) is 1. The van der Waals surface area contributed by atoms with Crippen LogP contribution in [0.5, 0.6) is 0 Å². The number of hydrogen-bond donors (Lipinski definition) is 2. The van der Waals surface area contributed by atoms with Gasteiger partial charge in [-0.15, -0.1) is 37.2 Å². The molecule has 4 nitrogen and oxygen atoms in total. The van der Waals surface area contributed by atoms with E-state index in [-0.39, 0.29) is 43.3 Å². The van der Waals surface area contributed by atoms with E-state index >= 15 is 0 Å². The van der Waals surface area contributed by atoms with Gasteiger partial charge in [-0.05, 0) is 44.0 Å². The maximum Gasteiger partial charge on any atom is 0.0991 e. The van der Waals surface area contributed by atoms with Crippen LogP contribution in [0.4, 0.5) is 0 Å². The van der Waals surface area contributed by atoms with Gasteiger partial charge in [-0.25, -0.2) is 0 Å². The van der Waals surface area contributed by atoms with Gasteiger partial charge in [-0.1, -0.05) is 12.1 Å². The van der Waals surface area contributed by atoms with Crippen LogP contribution >= 0.6 is 37.2 Å². The summed E-state index contributed by atoms with van der Waals surface area (Å²) >= 11 is 0. The van der Waals surface area contributed by atoms with E-state index in [0.29, 0.717) is 11.6 Å². The van der Waals surface area contributed by atoms with Gasteiger partial charge in [0, 0.05) is 31.7 Å². The van der Waals surface area contributed by atoms with Crippen molar-refractivity contribution < 1.29 is 0 Å². The number of halogens is 3. The minimum Gasteiger partial charge on any atom is -0.327 e. The van der Waals surface area contributed by atoms with E-state index in [1.54, 1.807) is 0 Å². The Bertz CT molecular complexity index is 461. The molecule has 1 aromatic carbocycles. The molecule has 0 amide bonds. The third kappa shape index (κ3) is 8.76. The van der Waals surface area contributed by atoms with E-state index in [1.807, 2.05) is 24.3 Å². The third-order valence-electron chi connectivity index (χ3n) is 3.85. The molecule has 1 fully saturated rings. The lowest BCUT2D eigenvalue weighted by atomic mass is 10.0. The zero-order valence-corrected chi connectivity index (χ0v) is 15.9. The van der Waals surface area contributed by atoms with Crippen LogP contribution in [0.3, 0.4) is 0 Å². The lowest BCUT2D eigenvalue weighted by molar-refractivity contribution is 0.200. The highest BCUT2D eigenvalue weighted by Gasteiger charge is 2.16. The van der Waals surface area contributed by atoms with Crippen molar-refractivity contribution >= 4 is 37.2 Å². The molecule has 0 radical (unpaired) electrons. The molecule has 0 saturated carbocycles. The summed E-state index contributed by atoms with van der Waals surface area (Å²) in [5, 5.41) is 12.2. The third-order valence-corrected chi connectivity index (χ3v) is 3.85. The Morgan fingerprint density at radius 3 is 2.52 bits per heavy atom. The monoisotopic (exact) mass is 380 g/mol. The highest BCUT2D eigenvalue weighted by Crippen LogP contribution is 2.08. The maximum absolute atomic E-state index is 8.77. The highest BCUT2D eigenvalue weighted by molar-refractivity contribution is 5.86. The molecule has 2 atom stereocenters. The smallest absolute Gasteiger partial charge is 0.0991 e. The summed E-state index contributed by atoms with van der Waals surface area (Å²) in [5.41, 5.74) is 8.14. The molecule has 7 heteroatoms. The molecule has 1 aliphatic rings. The molecule has 0 aromatic heterocycles. The Kier molecular flexibility index (Phi) is 13.8. The van der Waals surface area contributed by atoms with E-state index in [9.17, 15) is 0 Å². The minimum absolute atomic E-state index is 0. The zero-order chi connectivity index (χ0) is 14.4. The van der Waals surface area contributed by atoms with Gasteiger partial charge < -0.3 is 16.0 Å². The molecule has 0 spiro atoms. The van der Waals surface area contributed by atoms with Gasteiger partial charge in [0.1, 0.15) is 0 Å². The van der Waals surface area contributed by atoms with Crippen molar-refractivity contribution in [2.24, 2.45) is 5.73 Å². The number of benzene rings is 1. The normalized spacial score (nSPS) is 18.6. The number of nitrogens with two attached hydrogens (primary N) is 1. The molecule has 1 heterocycles. The van der Waals surface area contributed by atoms with Gasteiger partial charge in [-0.3, -0.25) is 0 Å². The number of nitriles is 1. The fourth-order valence-corrected chi connectivity index (χ4v) is 2.68. The fraction of sp³-hybridized carbons (Fsp3) is 0.562. The molecule has 0 bridgehead atoms. The van der Waals surface area contributed by atoms with E-state index in [0.717, 1.165) is 39.0 Å². The Morgan fingerprint density at radius 2 is 1.96 bits per heavy atom. The Labute approximate surface area is 158 Å². The SMILES string of the molecule is C[C@H]1CN(CCC(N)Cc2ccc(C#N)cc2)CCN1.Cl.Cl.Cl. The first-order chi connectivity index (χ1) is 9.67. The number of hydrogen-bond acceptors (Lipinski definition) is 4. The Hall–Kier alpha value is -0.540. The molecular weight excluding hydrogens is 355 g/mol. The van der Waals surface area contributed by atoms with Gasteiger partial charge in [0.15, 0.2) is 0 Å². The standard InChI is InChI=1S/C16H24N4.3ClH/c1-13-12-20(9-7-19-13)8-6-16(18)10-14-2-4-15(11-17)5-3-14;;;/h2-5,13,16,19H,6-10,12,18H2,1H3;3*1H/t13-,16?;;;/m0.../s1. The van der Waals surface area contributed by atoms with Crippen LogP contribution in [0.2, 0.25) is 0 Å². The van der Waals surface area contributed by atoms with Crippen LogP contribution in [0.15, 0.2) is 24.3 Å². The van der Waals surface area contributed by atoms with Crippen LogP contribution in [0.25, 0.3) is 0 Å². The molecule has 1 saturated heterocycles. The average molecular weight is 382 g/mol. The largest absolute Gasteiger partial charge is 0.327 e. The summed E-state index contributed by atoms with van der Waals surface area (Å²) in [6, 6.07) is 10.6. The van der Waals surface area contributed by atoms with E-state index in [1.165, 1.54) is 5.56 Å². The van der Waals surface area contributed by atoms with Gasteiger partial charge in [0.2, 0.25) is 0 Å². The molecule has 2 rings (SSSR count). The number of piperazine rings is 1. The predicted octanol–water partition coefficient (Wildman–Crippen LogP) is 2.38. The average Bonchev–Trinajstić information content (AvgIpc) is 2.46. The van der Waals surface area contributed by atoms with Crippen molar-refractivity contribution in [1.82, 2.24) is 10.2 Å². The summed E-state index contributed by atoms with van der Waals surface area (Å²) < 4.78 is 0. The second kappa shape index (κ2) is 12.8. The van der Waals surface area contributed by atoms with Crippen LogP contribution in [0.1, 0.15) is 24.5 Å². The fourth-order valence-electron chi connectivity index (χ4n) is 2.68. The summed E-state index contributed by atoms with van der Waals surface area (Å²) in [4.78, 5) is 2.49. The molecule has 0 aliphatic carbocycles. The zero-order valence-electron chi connectivity index (χ0n) is 13.4. The van der Waals surface area contributed by atoms with Crippen LogP contribution in [-0.2, 0) is 6.42 Å². The van der Waals surface area contributed by atoms with Gasteiger partial charge in [-0.2, -0.15) is 5.26 Å². The maximum atomic E-state index is 8.77.